The second-order valence-electron chi connectivity index (χ2n) is 0.283. The molecule has 0 heterocycles. The van der Waals surface area contributed by atoms with Crippen LogP contribution in [0.2, 0.25) is 0 Å². The van der Waals surface area contributed by atoms with Crippen molar-refractivity contribution in [3.05, 3.63) is 0 Å². The monoisotopic (exact) mass is 306 g/mol. The van der Waals surface area contributed by atoms with Gasteiger partial charge in [-0.3, -0.25) is 4.57 Å². The van der Waals surface area contributed by atoms with Crippen LogP contribution in [0.5, 0.6) is 0 Å². The van der Waals surface area contributed by atoms with E-state index in [9.17, 15) is 0 Å². The zero-order chi connectivity index (χ0) is 5.58. The maximum absolute atomic E-state index is 8.74. The Morgan fingerprint density at radius 1 is 1.33 bits per heavy atom. The average Bonchev–Trinajstić information content (AvgIpc) is 1.41. The molecule has 0 aromatic rings. The molecule has 2 N–H and O–H groups in total. The third-order valence-corrected chi connectivity index (χ3v) is 0. The van der Waals surface area contributed by atoms with Crippen molar-refractivity contribution in [1.82, 2.24) is 0 Å². The molecule has 0 aromatic carbocycles. The molecule has 4 nitrogen and oxygen atoms in total. The van der Waals surface area contributed by atoms with Gasteiger partial charge >= 0.3 is 36.7 Å². The van der Waals surface area contributed by atoms with E-state index < -0.39 is 8.25 Å². The summed E-state index contributed by atoms with van der Waals surface area (Å²) >= 11 is 0.0556. The van der Waals surface area contributed by atoms with Gasteiger partial charge in [0.15, 0.2) is 0 Å². The summed E-state index contributed by atoms with van der Waals surface area (Å²) in [6.45, 7) is 0. The quantitative estimate of drug-likeness (QED) is 0.438. The molecule has 0 aliphatic rings. The van der Waals surface area contributed by atoms with Gasteiger partial charge in [-0.2, -0.15) is 0 Å². The van der Waals surface area contributed by atoms with Gasteiger partial charge < -0.3 is 9.79 Å². The first-order valence-corrected chi connectivity index (χ1v) is 3.75. The topological polar surface area (TPSA) is 74.6 Å². The van der Waals surface area contributed by atoms with Crippen LogP contribution >= 0.6 is 8.25 Å². The molecule has 0 saturated carbocycles. The molecule has 0 spiro atoms. The van der Waals surface area contributed by atoms with Crippen molar-refractivity contribution in [3.8, 4) is 0 Å². The summed E-state index contributed by atoms with van der Waals surface area (Å²) < 4.78 is 17.1. The number of hydrogen-bond acceptors (Lipinski definition) is 2. The Balaban J connectivity index is 0. The van der Waals surface area contributed by atoms with Gasteiger partial charge in [0, 0.05) is 0 Å². The Kier molecular flexibility index (Phi) is 15.5. The first kappa shape index (κ1) is 9.98. The SMILES string of the molecule is O=[PH](O)O.[O]=[Pb]. The van der Waals surface area contributed by atoms with Gasteiger partial charge in [-0.05, 0) is 0 Å². The molecule has 0 amide bonds. The summed E-state index contributed by atoms with van der Waals surface area (Å²) in [6, 6.07) is 0. The minimum atomic E-state index is -3.13. The summed E-state index contributed by atoms with van der Waals surface area (Å²) in [5.41, 5.74) is 0. The Morgan fingerprint density at radius 2 is 1.33 bits per heavy atom. The molecule has 0 rings (SSSR count). The fourth-order valence-corrected chi connectivity index (χ4v) is 0. The predicted octanol–water partition coefficient (Wildman–Crippen LogP) is -1.14. The van der Waals surface area contributed by atoms with Crippen molar-refractivity contribution in [2.45, 2.75) is 0 Å². The van der Waals surface area contributed by atoms with Crippen LogP contribution in [0.3, 0.4) is 0 Å². The van der Waals surface area contributed by atoms with E-state index in [4.69, 9.17) is 17.0 Å². The van der Waals surface area contributed by atoms with E-state index in [-0.39, 0.29) is 25.8 Å². The summed E-state index contributed by atoms with van der Waals surface area (Å²) in [4.78, 5) is 14.3. The molecule has 0 saturated heterocycles. The minimum absolute atomic E-state index is 0.0556. The second-order valence-corrected chi connectivity index (χ2v) is 0.848. The van der Waals surface area contributed by atoms with Gasteiger partial charge in [0.1, 0.15) is 0 Å². The van der Waals surface area contributed by atoms with Crippen molar-refractivity contribution in [1.29, 1.82) is 0 Å². The molecule has 0 bridgehead atoms. The van der Waals surface area contributed by atoms with Gasteiger partial charge in [0.25, 0.3) is 0 Å². The number of hydrogen-bond donors (Lipinski definition) is 2. The van der Waals surface area contributed by atoms with Crippen molar-refractivity contribution in [3.63, 3.8) is 0 Å². The molecular formula is H3O4PPb. The summed E-state index contributed by atoms with van der Waals surface area (Å²) in [5, 5.41) is 0. The predicted molar refractivity (Wildman–Crippen MR) is 19.9 cm³/mol. The van der Waals surface area contributed by atoms with E-state index in [1.807, 2.05) is 0 Å². The van der Waals surface area contributed by atoms with Gasteiger partial charge in [-0.1, -0.05) is 0 Å². The van der Waals surface area contributed by atoms with E-state index in [1.54, 1.807) is 0 Å². The first-order chi connectivity index (χ1) is 2.73. The maximum atomic E-state index is 8.74. The third kappa shape index (κ3) is 96.0. The van der Waals surface area contributed by atoms with Crippen LogP contribution in [0.15, 0.2) is 0 Å². The fourth-order valence-electron chi connectivity index (χ4n) is 0. The van der Waals surface area contributed by atoms with Crippen molar-refractivity contribution in [2.75, 3.05) is 0 Å². The van der Waals surface area contributed by atoms with Crippen molar-refractivity contribution >= 4 is 34.0 Å². The van der Waals surface area contributed by atoms with E-state index in [1.165, 1.54) is 0 Å². The van der Waals surface area contributed by atoms with Crippen LogP contribution in [0.1, 0.15) is 0 Å². The van der Waals surface area contributed by atoms with Crippen LogP contribution in [0, 0.1) is 0 Å². The average molecular weight is 305 g/mol. The van der Waals surface area contributed by atoms with Gasteiger partial charge in [-0.25, -0.2) is 0 Å². The third-order valence-electron chi connectivity index (χ3n) is 0. The van der Waals surface area contributed by atoms with Crippen LogP contribution in [0.25, 0.3) is 0 Å². The molecule has 6 heteroatoms. The molecular weight excluding hydrogens is 302 g/mol. The molecule has 0 atom stereocenters. The van der Waals surface area contributed by atoms with E-state index >= 15 is 0 Å². The Morgan fingerprint density at radius 3 is 1.33 bits per heavy atom. The summed E-state index contributed by atoms with van der Waals surface area (Å²) in [7, 11) is -3.13. The summed E-state index contributed by atoms with van der Waals surface area (Å²) in [5.74, 6) is 0. The number of rotatable bonds is 0. The van der Waals surface area contributed by atoms with Crippen LogP contribution in [-0.2, 0) is 7.25 Å². The zero-order valence-corrected chi connectivity index (χ0v) is 7.60. The molecule has 0 fully saturated rings. The second kappa shape index (κ2) is 9.30. The summed E-state index contributed by atoms with van der Waals surface area (Å²) in [6.07, 6.45) is 0. The van der Waals surface area contributed by atoms with Gasteiger partial charge in [0.05, 0.1) is 0 Å². The van der Waals surface area contributed by atoms with Crippen molar-refractivity contribution < 1.29 is 17.0 Å². The molecule has 0 aliphatic carbocycles. The van der Waals surface area contributed by atoms with E-state index in [2.05, 4.69) is 0 Å². The molecule has 0 unspecified atom stereocenters. The Labute approximate surface area is 51.3 Å². The van der Waals surface area contributed by atoms with Crippen LogP contribution in [0.4, 0.5) is 0 Å². The van der Waals surface area contributed by atoms with Crippen LogP contribution in [-0.4, -0.2) is 35.6 Å². The van der Waals surface area contributed by atoms with E-state index in [0.717, 1.165) is 0 Å². The van der Waals surface area contributed by atoms with Crippen LogP contribution < -0.4 is 0 Å². The molecule has 2 radical (unpaired) electrons. The van der Waals surface area contributed by atoms with Gasteiger partial charge in [-0.15, -0.1) is 0 Å². The first-order valence-electron chi connectivity index (χ1n) is 0.855. The normalized spacial score (nSPS) is 6.50. The Bertz CT molecular complexity index is 38.8. The molecule has 36 valence electrons. The zero-order valence-electron chi connectivity index (χ0n) is 2.71. The Hall–Kier alpha value is 0.872. The molecule has 0 aromatic heterocycles. The van der Waals surface area contributed by atoms with Crippen molar-refractivity contribution in [2.24, 2.45) is 0 Å². The molecule has 0 aliphatic heterocycles. The van der Waals surface area contributed by atoms with E-state index in [0.29, 0.717) is 0 Å². The molecule has 6 heavy (non-hydrogen) atoms. The van der Waals surface area contributed by atoms with Gasteiger partial charge in [0.2, 0.25) is 0 Å². The standard InChI is InChI=1S/H3O3P.O.Pb/c1-4(2)3;;/h4H,(H2,1,2,3);;. The fraction of sp³-hybridized carbons (Fsp3) is 0.